The number of fused-ring (bicyclic) bond motifs is 11. The molecule has 0 unspecified atom stereocenters. The first-order valence-corrected chi connectivity index (χ1v) is 13.5. The summed E-state index contributed by atoms with van der Waals surface area (Å²) in [5, 5.41) is 0. The van der Waals surface area contributed by atoms with Gasteiger partial charge in [-0.05, 0) is 108 Å². The first-order valence-electron chi connectivity index (χ1n) is 13.5. The summed E-state index contributed by atoms with van der Waals surface area (Å²) in [5.74, 6) is 0. The summed E-state index contributed by atoms with van der Waals surface area (Å²) in [7, 11) is 0. The van der Waals surface area contributed by atoms with Gasteiger partial charge in [0.1, 0.15) is 0 Å². The Hall–Kier alpha value is -5.22. The van der Waals surface area contributed by atoms with Crippen LogP contribution in [0.15, 0.2) is 97.6 Å². The molecule has 2 aromatic carbocycles. The Labute approximate surface area is 233 Å². The van der Waals surface area contributed by atoms with Crippen LogP contribution in [0, 0.1) is 0 Å². The number of rotatable bonds is 1. The molecule has 3 aromatic heterocycles. The number of hydrogen-bond acceptors (Lipinski definition) is 2. The van der Waals surface area contributed by atoms with E-state index in [9.17, 15) is 0 Å². The molecule has 0 saturated carbocycles. The molecule has 4 heteroatoms. The number of aromatic amines is 2. The van der Waals surface area contributed by atoms with Gasteiger partial charge in [-0.25, -0.2) is 9.97 Å². The van der Waals surface area contributed by atoms with Gasteiger partial charge in [-0.3, -0.25) is 0 Å². The fraction of sp³-hybridized carbons (Fsp3) is 0.0556. The molecule has 8 rings (SSSR count). The average Bonchev–Trinajstić information content (AvgIpc) is 3.78. The second kappa shape index (κ2) is 9.83. The monoisotopic (exact) mass is 516 g/mol. The maximum atomic E-state index is 4.86. The predicted molar refractivity (Wildman–Crippen MR) is 168 cm³/mol. The van der Waals surface area contributed by atoms with Crippen molar-refractivity contribution in [3.05, 3.63) is 131 Å². The molecule has 4 nitrogen and oxygen atoms in total. The third-order valence-corrected chi connectivity index (χ3v) is 7.31. The maximum Gasteiger partial charge on any atom is 0.0659 e. The molecule has 3 aliphatic rings. The van der Waals surface area contributed by atoms with Gasteiger partial charge in [0.25, 0.3) is 0 Å². The van der Waals surface area contributed by atoms with E-state index in [1.54, 1.807) is 6.08 Å². The summed E-state index contributed by atoms with van der Waals surface area (Å²) in [6.45, 7) is 5.25. The summed E-state index contributed by atoms with van der Waals surface area (Å²) < 4.78 is 0. The molecular formula is C36H28N4. The van der Waals surface area contributed by atoms with Crippen LogP contribution in [0.5, 0.6) is 0 Å². The Morgan fingerprint density at radius 1 is 0.600 bits per heavy atom. The van der Waals surface area contributed by atoms with Gasteiger partial charge < -0.3 is 9.97 Å². The van der Waals surface area contributed by atoms with Crippen molar-refractivity contribution < 1.29 is 0 Å². The summed E-state index contributed by atoms with van der Waals surface area (Å²) in [6, 6.07) is 30.2. The molecule has 5 aromatic rings. The topological polar surface area (TPSA) is 57.4 Å². The summed E-state index contributed by atoms with van der Waals surface area (Å²) in [4.78, 5) is 16.8. The second-order valence-corrected chi connectivity index (χ2v) is 10.2. The van der Waals surface area contributed by atoms with E-state index in [4.69, 9.17) is 9.97 Å². The SMILES string of the molecule is C1=Cc2cc3ccc(cc4cc(-c5cccc6c5Cc5ccccc5-6)c(cc5nc(cc1n2)C=C5)[nH]4)[nH]3.C=CC. The maximum absolute atomic E-state index is 4.86. The highest BCUT2D eigenvalue weighted by Crippen LogP contribution is 2.42. The second-order valence-electron chi connectivity index (χ2n) is 10.2. The van der Waals surface area contributed by atoms with E-state index in [2.05, 4.69) is 101 Å². The molecule has 0 radical (unpaired) electrons. The van der Waals surface area contributed by atoms with Crippen molar-refractivity contribution in [1.29, 1.82) is 0 Å². The molecule has 40 heavy (non-hydrogen) atoms. The Morgan fingerprint density at radius 3 is 1.95 bits per heavy atom. The molecule has 1 aliphatic carbocycles. The van der Waals surface area contributed by atoms with E-state index < -0.39 is 0 Å². The molecule has 0 fully saturated rings. The normalized spacial score (nSPS) is 12.4. The number of nitrogens with one attached hydrogen (secondary N) is 2. The third-order valence-electron chi connectivity index (χ3n) is 7.31. The largest absolute Gasteiger partial charge is 0.355 e. The minimum Gasteiger partial charge on any atom is -0.355 e. The van der Waals surface area contributed by atoms with Crippen molar-refractivity contribution in [3.63, 3.8) is 0 Å². The van der Waals surface area contributed by atoms with Crippen molar-refractivity contribution in [3.8, 4) is 22.3 Å². The first kappa shape index (κ1) is 23.9. The zero-order chi connectivity index (χ0) is 27.1. The Morgan fingerprint density at radius 2 is 1.20 bits per heavy atom. The fourth-order valence-corrected chi connectivity index (χ4v) is 5.65. The molecular weight excluding hydrogens is 488 g/mol. The van der Waals surface area contributed by atoms with Gasteiger partial charge in [0.05, 0.1) is 22.8 Å². The number of nitrogens with zero attached hydrogens (tertiary/aromatic N) is 2. The molecule has 0 spiro atoms. The molecule has 0 saturated heterocycles. The summed E-state index contributed by atoms with van der Waals surface area (Å²) in [5.41, 5.74) is 15.7. The van der Waals surface area contributed by atoms with E-state index >= 15 is 0 Å². The Balaban J connectivity index is 0.000000846. The fourth-order valence-electron chi connectivity index (χ4n) is 5.65. The number of allylic oxidation sites excluding steroid dienone is 1. The quantitative estimate of drug-likeness (QED) is 0.214. The lowest BCUT2D eigenvalue weighted by Gasteiger charge is -2.07. The van der Waals surface area contributed by atoms with Crippen LogP contribution in [0.3, 0.4) is 0 Å². The Bertz CT molecular complexity index is 2020. The van der Waals surface area contributed by atoms with E-state index in [0.717, 1.165) is 51.3 Å². The van der Waals surface area contributed by atoms with Crippen LogP contribution in [-0.2, 0) is 6.42 Å². The highest BCUT2D eigenvalue weighted by atomic mass is 14.8. The number of hydrogen-bond donors (Lipinski definition) is 2. The number of H-pyrrole nitrogens is 2. The first-order chi connectivity index (χ1) is 19.7. The van der Waals surface area contributed by atoms with Crippen LogP contribution in [0.2, 0.25) is 0 Å². The predicted octanol–water partition coefficient (Wildman–Crippen LogP) is 9.09. The average molecular weight is 517 g/mol. The van der Waals surface area contributed by atoms with Crippen molar-refractivity contribution in [2.24, 2.45) is 0 Å². The Kier molecular flexibility index (Phi) is 5.86. The molecule has 2 N–H and O–H groups in total. The zero-order valence-corrected chi connectivity index (χ0v) is 22.3. The molecule has 8 bridgehead atoms. The standard InChI is InChI=1S/C33H22N4.C3H6/c1-2-5-28-20(4-1)14-31-29(28)6-3-7-30(31)32-18-27-17-25-11-10-23(35-25)15-21-8-9-22(34-21)16-24-12-13-26(36-24)19-33(32)37-27;1-3-2/h1-13,15-19,35,37H,14H2;3H,1H2,2H3. The summed E-state index contributed by atoms with van der Waals surface area (Å²) >= 11 is 0. The van der Waals surface area contributed by atoms with Gasteiger partial charge >= 0.3 is 0 Å². The smallest absolute Gasteiger partial charge is 0.0659 e. The van der Waals surface area contributed by atoms with Crippen LogP contribution in [0.4, 0.5) is 0 Å². The van der Waals surface area contributed by atoms with Gasteiger partial charge in [0.15, 0.2) is 0 Å². The molecule has 0 amide bonds. The molecule has 0 atom stereocenters. The van der Waals surface area contributed by atoms with E-state index in [0.29, 0.717) is 0 Å². The van der Waals surface area contributed by atoms with E-state index in [1.807, 2.05) is 31.2 Å². The van der Waals surface area contributed by atoms with Crippen molar-refractivity contribution >= 4 is 46.4 Å². The van der Waals surface area contributed by atoms with E-state index in [-0.39, 0.29) is 0 Å². The lowest BCUT2D eigenvalue weighted by molar-refractivity contribution is 1.26. The zero-order valence-electron chi connectivity index (χ0n) is 22.3. The van der Waals surface area contributed by atoms with Gasteiger partial charge in [-0.15, -0.1) is 6.58 Å². The molecule has 192 valence electrons. The summed E-state index contributed by atoms with van der Waals surface area (Å²) in [6.07, 6.45) is 10.9. The molecule has 5 heterocycles. The van der Waals surface area contributed by atoms with Crippen LogP contribution in [0.1, 0.15) is 40.8 Å². The highest BCUT2D eigenvalue weighted by Gasteiger charge is 2.22. The van der Waals surface area contributed by atoms with Crippen LogP contribution in [-0.4, -0.2) is 19.9 Å². The van der Waals surface area contributed by atoms with Crippen LogP contribution < -0.4 is 0 Å². The van der Waals surface area contributed by atoms with Gasteiger partial charge in [-0.2, -0.15) is 0 Å². The lowest BCUT2D eigenvalue weighted by Crippen LogP contribution is -1.87. The van der Waals surface area contributed by atoms with Gasteiger partial charge in [0.2, 0.25) is 0 Å². The number of aromatic nitrogens is 4. The van der Waals surface area contributed by atoms with Crippen LogP contribution >= 0.6 is 0 Å². The minimum absolute atomic E-state index is 0.904. The van der Waals surface area contributed by atoms with E-state index in [1.165, 1.54) is 33.4 Å². The van der Waals surface area contributed by atoms with Gasteiger partial charge in [-0.1, -0.05) is 48.5 Å². The van der Waals surface area contributed by atoms with Crippen molar-refractivity contribution in [2.45, 2.75) is 13.3 Å². The van der Waals surface area contributed by atoms with Crippen LogP contribution in [0.25, 0.3) is 68.6 Å². The van der Waals surface area contributed by atoms with Gasteiger partial charge in [0, 0.05) is 27.6 Å². The highest BCUT2D eigenvalue weighted by molar-refractivity contribution is 5.93. The lowest BCUT2D eigenvalue weighted by atomic mass is 9.96. The molecule has 2 aliphatic heterocycles. The van der Waals surface area contributed by atoms with Crippen molar-refractivity contribution in [2.75, 3.05) is 0 Å². The minimum atomic E-state index is 0.904. The van der Waals surface area contributed by atoms with Crippen molar-refractivity contribution in [1.82, 2.24) is 19.9 Å². The third kappa shape index (κ3) is 4.40. The number of benzene rings is 2.